The van der Waals surface area contributed by atoms with Crippen LogP contribution >= 0.6 is 7.60 Å². The summed E-state index contributed by atoms with van der Waals surface area (Å²) in [5.74, 6) is -0.549. The van der Waals surface area contributed by atoms with E-state index in [1.807, 2.05) is 54.6 Å². The van der Waals surface area contributed by atoms with E-state index >= 15 is 0 Å². The summed E-state index contributed by atoms with van der Waals surface area (Å²) in [5, 5.41) is 0. The summed E-state index contributed by atoms with van der Waals surface area (Å²) in [6.45, 7) is 3.59. The van der Waals surface area contributed by atoms with Crippen LogP contribution < -0.4 is 0 Å². The highest BCUT2D eigenvalue weighted by atomic mass is 31.2. The van der Waals surface area contributed by atoms with Gasteiger partial charge in [0.05, 0.1) is 0 Å². The van der Waals surface area contributed by atoms with Crippen LogP contribution in [-0.2, 0) is 33.7 Å². The van der Waals surface area contributed by atoms with E-state index in [1.165, 1.54) is 4.90 Å². The first-order valence-corrected chi connectivity index (χ1v) is 11.8. The van der Waals surface area contributed by atoms with E-state index in [0.29, 0.717) is 0 Å². The lowest BCUT2D eigenvalue weighted by Crippen LogP contribution is -2.55. The molecule has 166 valence electrons. The third-order valence-corrected chi connectivity index (χ3v) is 5.87. The van der Waals surface area contributed by atoms with Gasteiger partial charge in [0.25, 0.3) is 0 Å². The molecule has 0 spiro atoms. The molecule has 0 aromatic heterocycles. The average molecular weight is 446 g/mol. The number of esters is 1. The monoisotopic (exact) mass is 446 g/mol. The molecule has 1 unspecified atom stereocenters. The van der Waals surface area contributed by atoms with Crippen molar-refractivity contribution in [3.05, 3.63) is 71.3 Å². The summed E-state index contributed by atoms with van der Waals surface area (Å²) in [6.07, 6.45) is -0.440. The first-order valence-electron chi connectivity index (χ1n) is 10.0. The first kappa shape index (κ1) is 23.0. The Bertz CT molecular complexity index is 975. The summed E-state index contributed by atoms with van der Waals surface area (Å²) in [5.41, 5.74) is 2.66. The minimum atomic E-state index is -4.48. The highest BCUT2D eigenvalue weighted by Gasteiger charge is 2.39. The van der Waals surface area contributed by atoms with Crippen LogP contribution in [0, 0.1) is 0 Å². The number of rotatable bonds is 6. The number of amides is 2. The van der Waals surface area contributed by atoms with Crippen molar-refractivity contribution in [2.75, 3.05) is 6.29 Å². The highest BCUT2D eigenvalue weighted by molar-refractivity contribution is 7.51. The third kappa shape index (κ3) is 5.94. The maximum Gasteiger partial charge on any atom is 0.344 e. The third-order valence-electron chi connectivity index (χ3n) is 5.20. The molecule has 2 aromatic carbocycles. The van der Waals surface area contributed by atoms with Crippen molar-refractivity contribution in [3.8, 4) is 0 Å². The SMILES string of the molecule is CC(C)N(CP(=O)(O)O)C(=O)N1Cc2ccccc2CC1C(=O)OCc1ccccc1. The van der Waals surface area contributed by atoms with Gasteiger partial charge in [-0.05, 0) is 30.5 Å². The van der Waals surface area contributed by atoms with Crippen LogP contribution in [0.25, 0.3) is 0 Å². The predicted molar refractivity (Wildman–Crippen MR) is 115 cm³/mol. The van der Waals surface area contributed by atoms with Crippen molar-refractivity contribution in [2.24, 2.45) is 0 Å². The summed E-state index contributed by atoms with van der Waals surface area (Å²) in [4.78, 5) is 47.6. The molecule has 0 fully saturated rings. The molecule has 1 heterocycles. The molecule has 3 rings (SSSR count). The second kappa shape index (κ2) is 9.64. The lowest BCUT2D eigenvalue weighted by molar-refractivity contribution is -0.151. The normalized spacial score (nSPS) is 16.0. The molecule has 1 atom stereocenters. The molecule has 0 saturated heterocycles. The summed E-state index contributed by atoms with van der Waals surface area (Å²) < 4.78 is 17.1. The Morgan fingerprint density at radius 3 is 2.32 bits per heavy atom. The van der Waals surface area contributed by atoms with Crippen molar-refractivity contribution in [1.82, 2.24) is 9.80 Å². The number of hydrogen-bond acceptors (Lipinski definition) is 4. The van der Waals surface area contributed by atoms with Crippen molar-refractivity contribution in [1.29, 1.82) is 0 Å². The average Bonchev–Trinajstić information content (AvgIpc) is 2.74. The van der Waals surface area contributed by atoms with Gasteiger partial charge in [0.1, 0.15) is 18.9 Å². The van der Waals surface area contributed by atoms with E-state index in [0.717, 1.165) is 21.6 Å². The molecule has 9 heteroatoms. The molecule has 0 saturated carbocycles. The van der Waals surface area contributed by atoms with Gasteiger partial charge in [-0.15, -0.1) is 0 Å². The Hall–Kier alpha value is -2.67. The lowest BCUT2D eigenvalue weighted by atomic mass is 9.94. The topological polar surface area (TPSA) is 107 Å². The van der Waals surface area contributed by atoms with Gasteiger partial charge in [-0.1, -0.05) is 54.6 Å². The summed E-state index contributed by atoms with van der Waals surface area (Å²) >= 11 is 0. The van der Waals surface area contributed by atoms with Gasteiger partial charge in [-0.3, -0.25) is 4.57 Å². The van der Waals surface area contributed by atoms with Gasteiger partial charge >= 0.3 is 19.6 Å². The minimum absolute atomic E-state index is 0.0796. The molecule has 0 radical (unpaired) electrons. The van der Waals surface area contributed by atoms with E-state index < -0.39 is 38.0 Å². The van der Waals surface area contributed by atoms with Crippen LogP contribution in [0.2, 0.25) is 0 Å². The van der Waals surface area contributed by atoms with Crippen LogP contribution in [0.5, 0.6) is 0 Å². The Labute approximate surface area is 181 Å². The highest BCUT2D eigenvalue weighted by Crippen LogP contribution is 2.37. The van der Waals surface area contributed by atoms with Crippen molar-refractivity contribution < 1.29 is 28.7 Å². The molecule has 2 aromatic rings. The fraction of sp³-hybridized carbons (Fsp3) is 0.364. The maximum atomic E-state index is 13.3. The quantitative estimate of drug-likeness (QED) is 0.522. The van der Waals surface area contributed by atoms with Gasteiger partial charge < -0.3 is 24.3 Å². The number of urea groups is 1. The molecule has 2 N–H and O–H groups in total. The maximum absolute atomic E-state index is 13.3. The molecule has 2 amide bonds. The van der Waals surface area contributed by atoms with Gasteiger partial charge in [-0.25, -0.2) is 9.59 Å². The van der Waals surface area contributed by atoms with E-state index in [-0.39, 0.29) is 19.6 Å². The van der Waals surface area contributed by atoms with Crippen LogP contribution in [0.1, 0.15) is 30.5 Å². The van der Waals surface area contributed by atoms with Crippen molar-refractivity contribution in [2.45, 2.75) is 45.5 Å². The minimum Gasteiger partial charge on any atom is -0.459 e. The number of carbonyl (C=O) groups is 2. The number of benzene rings is 2. The van der Waals surface area contributed by atoms with Crippen molar-refractivity contribution >= 4 is 19.6 Å². The van der Waals surface area contributed by atoms with Crippen LogP contribution in [0.3, 0.4) is 0 Å². The molecule has 31 heavy (non-hydrogen) atoms. The number of nitrogens with zero attached hydrogens (tertiary/aromatic N) is 2. The summed E-state index contributed by atoms with van der Waals surface area (Å²) in [7, 11) is -4.48. The predicted octanol–water partition coefficient (Wildman–Crippen LogP) is 3.12. The molecular weight excluding hydrogens is 419 g/mol. The Kier molecular flexibility index (Phi) is 7.15. The Balaban J connectivity index is 1.85. The number of ether oxygens (including phenoxy) is 1. The van der Waals surface area contributed by atoms with Crippen LogP contribution in [0.4, 0.5) is 4.79 Å². The molecule has 1 aliphatic rings. The molecule has 8 nitrogen and oxygen atoms in total. The second-order valence-electron chi connectivity index (χ2n) is 7.86. The second-order valence-corrected chi connectivity index (χ2v) is 9.47. The standard InChI is InChI=1S/C22H27N2O6P/c1-16(2)24(15-31(27,28)29)22(26)23-13-19-11-7-6-10-18(19)12-20(23)21(25)30-14-17-8-4-3-5-9-17/h3-11,16,20H,12-15H2,1-2H3,(H2,27,28,29). The number of fused-ring (bicyclic) bond motifs is 1. The molecule has 0 bridgehead atoms. The molecule has 1 aliphatic heterocycles. The number of carbonyl (C=O) groups excluding carboxylic acids is 2. The van der Waals surface area contributed by atoms with E-state index in [9.17, 15) is 23.9 Å². The van der Waals surface area contributed by atoms with Gasteiger partial charge in [0.15, 0.2) is 0 Å². The smallest absolute Gasteiger partial charge is 0.344 e. The van der Waals surface area contributed by atoms with Gasteiger partial charge in [-0.2, -0.15) is 0 Å². The zero-order chi connectivity index (χ0) is 22.6. The van der Waals surface area contributed by atoms with Crippen molar-refractivity contribution in [3.63, 3.8) is 0 Å². The van der Waals surface area contributed by atoms with Crippen LogP contribution in [-0.4, -0.2) is 50.0 Å². The fourth-order valence-corrected chi connectivity index (χ4v) is 4.41. The number of hydrogen-bond donors (Lipinski definition) is 2. The Morgan fingerprint density at radius 1 is 1.10 bits per heavy atom. The molecular formula is C22H27N2O6P. The zero-order valence-electron chi connectivity index (χ0n) is 17.5. The van der Waals surface area contributed by atoms with Gasteiger partial charge in [0, 0.05) is 19.0 Å². The zero-order valence-corrected chi connectivity index (χ0v) is 18.4. The fourth-order valence-electron chi connectivity index (χ4n) is 3.57. The Morgan fingerprint density at radius 2 is 1.71 bits per heavy atom. The van der Waals surface area contributed by atoms with E-state index in [1.54, 1.807) is 13.8 Å². The summed E-state index contributed by atoms with van der Waals surface area (Å²) in [6, 6.07) is 14.8. The first-order chi connectivity index (χ1) is 14.7. The van der Waals surface area contributed by atoms with E-state index in [4.69, 9.17) is 4.74 Å². The largest absolute Gasteiger partial charge is 0.459 e. The van der Waals surface area contributed by atoms with Crippen LogP contribution in [0.15, 0.2) is 54.6 Å². The molecule has 0 aliphatic carbocycles. The lowest BCUT2D eigenvalue weighted by Gasteiger charge is -2.39. The van der Waals surface area contributed by atoms with E-state index in [2.05, 4.69) is 0 Å². The van der Waals surface area contributed by atoms with Gasteiger partial charge in [0.2, 0.25) is 0 Å².